The first-order valence-corrected chi connectivity index (χ1v) is 6.53. The van der Waals surface area contributed by atoms with E-state index < -0.39 is 0 Å². The molecule has 102 valence electrons. The van der Waals surface area contributed by atoms with E-state index in [0.29, 0.717) is 30.4 Å². The van der Waals surface area contributed by atoms with Crippen LogP contribution in [0.1, 0.15) is 18.4 Å². The second-order valence-corrected chi connectivity index (χ2v) is 4.96. The molecule has 6 heteroatoms. The van der Waals surface area contributed by atoms with Crippen molar-refractivity contribution in [3.8, 4) is 11.6 Å². The van der Waals surface area contributed by atoms with Crippen molar-refractivity contribution in [2.24, 2.45) is 0 Å². The first-order chi connectivity index (χ1) is 9.79. The molecule has 3 aromatic rings. The van der Waals surface area contributed by atoms with Gasteiger partial charge in [-0.3, -0.25) is 0 Å². The van der Waals surface area contributed by atoms with Crippen LogP contribution in [-0.2, 0) is 0 Å². The van der Waals surface area contributed by atoms with Gasteiger partial charge in [0, 0.05) is 11.9 Å². The first-order valence-electron chi connectivity index (χ1n) is 6.53. The fourth-order valence-electron chi connectivity index (χ4n) is 2.47. The maximum Gasteiger partial charge on any atom is 0.244 e. The third-order valence-electron chi connectivity index (χ3n) is 3.49. The van der Waals surface area contributed by atoms with Crippen molar-refractivity contribution < 1.29 is 14.0 Å². The number of benzene rings is 1. The van der Waals surface area contributed by atoms with Crippen LogP contribution in [0.4, 0.5) is 0 Å². The van der Waals surface area contributed by atoms with Crippen molar-refractivity contribution in [2.45, 2.75) is 18.6 Å². The molecule has 1 aliphatic heterocycles. The van der Waals surface area contributed by atoms with E-state index in [-0.39, 0.29) is 12.1 Å². The molecule has 3 heterocycles. The van der Waals surface area contributed by atoms with Gasteiger partial charge in [0.2, 0.25) is 11.7 Å². The number of fused-ring (bicyclic) bond motifs is 1. The Kier molecular flexibility index (Phi) is 2.58. The van der Waals surface area contributed by atoms with Gasteiger partial charge < -0.3 is 19.4 Å². The monoisotopic (exact) mass is 271 g/mol. The van der Waals surface area contributed by atoms with E-state index >= 15 is 0 Å². The summed E-state index contributed by atoms with van der Waals surface area (Å²) in [5.41, 5.74) is 0.795. The van der Waals surface area contributed by atoms with Crippen LogP contribution in [-0.4, -0.2) is 27.9 Å². The van der Waals surface area contributed by atoms with Gasteiger partial charge in [-0.05, 0) is 18.6 Å². The van der Waals surface area contributed by atoms with Gasteiger partial charge >= 0.3 is 0 Å². The van der Waals surface area contributed by atoms with Crippen LogP contribution in [0.15, 0.2) is 39.3 Å². The number of rotatable bonds is 2. The van der Waals surface area contributed by atoms with Crippen molar-refractivity contribution in [3.05, 3.63) is 36.2 Å². The Balaban J connectivity index is 1.67. The van der Waals surface area contributed by atoms with E-state index in [2.05, 4.69) is 15.5 Å². The molecular formula is C14H13N3O3. The van der Waals surface area contributed by atoms with E-state index in [0.717, 1.165) is 11.0 Å². The highest BCUT2D eigenvalue weighted by atomic mass is 16.5. The van der Waals surface area contributed by atoms with Crippen LogP contribution < -0.4 is 5.32 Å². The fraction of sp³-hybridized carbons (Fsp3) is 0.286. The zero-order valence-electron chi connectivity index (χ0n) is 10.6. The Labute approximate surface area is 114 Å². The Hall–Kier alpha value is -2.18. The maximum absolute atomic E-state index is 9.51. The van der Waals surface area contributed by atoms with Gasteiger partial charge in [0.15, 0.2) is 5.76 Å². The summed E-state index contributed by atoms with van der Waals surface area (Å²) in [5.74, 6) is 1.50. The molecule has 2 aromatic heterocycles. The lowest BCUT2D eigenvalue weighted by atomic mass is 10.2. The molecule has 0 aliphatic carbocycles. The lowest BCUT2D eigenvalue weighted by Gasteiger charge is -2.01. The molecule has 1 saturated heterocycles. The van der Waals surface area contributed by atoms with Gasteiger partial charge in [-0.2, -0.15) is 4.98 Å². The van der Waals surface area contributed by atoms with Gasteiger partial charge in [0.1, 0.15) is 5.58 Å². The number of furan rings is 1. The molecule has 6 nitrogen and oxygen atoms in total. The number of β-amino-alcohol motifs (C(OH)–C–C–N with tert-alkyl or cyclic N) is 1. The molecule has 2 N–H and O–H groups in total. The quantitative estimate of drug-likeness (QED) is 0.740. The Morgan fingerprint density at radius 3 is 3.00 bits per heavy atom. The molecule has 1 unspecified atom stereocenters. The molecule has 4 rings (SSSR count). The molecule has 1 aromatic carbocycles. The molecule has 0 radical (unpaired) electrons. The van der Waals surface area contributed by atoms with E-state index in [9.17, 15) is 5.11 Å². The summed E-state index contributed by atoms with van der Waals surface area (Å²) in [5, 5.41) is 17.6. The van der Waals surface area contributed by atoms with Crippen LogP contribution in [0.2, 0.25) is 0 Å². The Morgan fingerprint density at radius 1 is 1.30 bits per heavy atom. The van der Waals surface area contributed by atoms with Crippen molar-refractivity contribution >= 4 is 11.0 Å². The Bertz CT molecular complexity index is 716. The average Bonchev–Trinajstić information content (AvgIpc) is 3.16. The first kappa shape index (κ1) is 11.6. The number of aliphatic hydroxyl groups is 1. The predicted molar refractivity (Wildman–Crippen MR) is 70.9 cm³/mol. The van der Waals surface area contributed by atoms with Gasteiger partial charge in [-0.25, -0.2) is 0 Å². The summed E-state index contributed by atoms with van der Waals surface area (Å²) in [7, 11) is 0. The summed E-state index contributed by atoms with van der Waals surface area (Å²) < 4.78 is 10.9. The summed E-state index contributed by atoms with van der Waals surface area (Å²) in [4.78, 5) is 4.35. The number of hydrogen-bond donors (Lipinski definition) is 2. The van der Waals surface area contributed by atoms with Gasteiger partial charge in [0.25, 0.3) is 0 Å². The summed E-state index contributed by atoms with van der Waals surface area (Å²) in [6.45, 7) is 0.549. The number of nitrogens with one attached hydrogen (secondary N) is 1. The predicted octanol–water partition coefficient (Wildman–Crippen LogP) is 1.88. The van der Waals surface area contributed by atoms with Crippen molar-refractivity contribution in [1.82, 2.24) is 15.5 Å². The van der Waals surface area contributed by atoms with Gasteiger partial charge in [0.05, 0.1) is 12.1 Å². The van der Waals surface area contributed by atoms with Gasteiger partial charge in [-0.15, -0.1) is 0 Å². The normalized spacial score (nSPS) is 22.6. The molecule has 0 bridgehead atoms. The highest BCUT2D eigenvalue weighted by Crippen LogP contribution is 2.28. The highest BCUT2D eigenvalue weighted by molar-refractivity contribution is 5.81. The summed E-state index contributed by atoms with van der Waals surface area (Å²) in [6, 6.07) is 9.54. The molecule has 2 atom stereocenters. The minimum absolute atomic E-state index is 0.0874. The summed E-state index contributed by atoms with van der Waals surface area (Å²) >= 11 is 0. The Morgan fingerprint density at radius 2 is 2.20 bits per heavy atom. The van der Waals surface area contributed by atoms with Crippen LogP contribution in [0.3, 0.4) is 0 Å². The van der Waals surface area contributed by atoms with Crippen molar-refractivity contribution in [3.63, 3.8) is 0 Å². The van der Waals surface area contributed by atoms with E-state index in [1.54, 1.807) is 0 Å². The van der Waals surface area contributed by atoms with Crippen LogP contribution in [0.5, 0.6) is 0 Å². The second-order valence-electron chi connectivity index (χ2n) is 4.96. The largest absolute Gasteiger partial charge is 0.453 e. The third kappa shape index (κ3) is 1.90. The number of hydrogen-bond acceptors (Lipinski definition) is 6. The number of aromatic nitrogens is 2. The topological polar surface area (TPSA) is 84.3 Å². The second kappa shape index (κ2) is 4.43. The van der Waals surface area contributed by atoms with E-state index in [1.165, 1.54) is 0 Å². The van der Waals surface area contributed by atoms with Crippen molar-refractivity contribution in [1.29, 1.82) is 0 Å². The molecule has 0 saturated carbocycles. The maximum atomic E-state index is 9.51. The van der Waals surface area contributed by atoms with Gasteiger partial charge in [-0.1, -0.05) is 23.4 Å². The lowest BCUT2D eigenvalue weighted by molar-refractivity contribution is 0.191. The minimum atomic E-state index is -0.360. The average molecular weight is 271 g/mol. The van der Waals surface area contributed by atoms with Crippen LogP contribution in [0, 0.1) is 0 Å². The van der Waals surface area contributed by atoms with Crippen LogP contribution >= 0.6 is 0 Å². The molecule has 20 heavy (non-hydrogen) atoms. The smallest absolute Gasteiger partial charge is 0.244 e. The third-order valence-corrected chi connectivity index (χ3v) is 3.49. The lowest BCUT2D eigenvalue weighted by Crippen LogP contribution is -2.15. The standard InChI is InChI=1S/C14H13N3O3/c18-9-6-10(15-7-9)14-16-13(17-20-14)12-5-8-3-1-2-4-11(8)19-12/h1-5,9-10,15,18H,6-7H2/t9?,10-/m0/s1. The molecule has 1 aliphatic rings. The molecule has 1 fully saturated rings. The minimum Gasteiger partial charge on any atom is -0.453 e. The number of aliphatic hydroxyl groups excluding tert-OH is 1. The molecule has 0 spiro atoms. The SMILES string of the molecule is OC1CN[C@H](c2nc(-c3cc4ccccc4o3)no2)C1. The van der Waals surface area contributed by atoms with E-state index in [1.807, 2.05) is 30.3 Å². The molecule has 0 amide bonds. The number of nitrogens with zero attached hydrogens (tertiary/aromatic N) is 2. The van der Waals surface area contributed by atoms with Crippen LogP contribution in [0.25, 0.3) is 22.6 Å². The highest BCUT2D eigenvalue weighted by Gasteiger charge is 2.28. The van der Waals surface area contributed by atoms with E-state index in [4.69, 9.17) is 8.94 Å². The summed E-state index contributed by atoms with van der Waals surface area (Å²) in [6.07, 6.45) is 0.225. The fourth-order valence-corrected chi connectivity index (χ4v) is 2.47. The zero-order valence-corrected chi connectivity index (χ0v) is 10.6. The zero-order chi connectivity index (χ0) is 13.5. The molecular weight excluding hydrogens is 258 g/mol. The number of para-hydroxylation sites is 1. The van der Waals surface area contributed by atoms with Crippen molar-refractivity contribution in [2.75, 3.05) is 6.54 Å².